The molecule has 0 atom stereocenters. The summed E-state index contributed by atoms with van der Waals surface area (Å²) in [6, 6.07) is 8.44. The summed E-state index contributed by atoms with van der Waals surface area (Å²) in [5.74, 6) is 0. The van der Waals surface area contributed by atoms with Crippen molar-refractivity contribution in [3.8, 4) is 0 Å². The minimum atomic E-state index is 0.816. The van der Waals surface area contributed by atoms with Crippen molar-refractivity contribution in [1.82, 2.24) is 14.5 Å². The number of aryl methyl sites for hydroxylation is 1. The van der Waals surface area contributed by atoms with Crippen molar-refractivity contribution in [3.05, 3.63) is 64.1 Å². The van der Waals surface area contributed by atoms with Crippen molar-refractivity contribution in [2.24, 2.45) is 0 Å². The van der Waals surface area contributed by atoms with Gasteiger partial charge in [0.2, 0.25) is 0 Å². The van der Waals surface area contributed by atoms with Gasteiger partial charge >= 0.3 is 0 Å². The fourth-order valence-electron chi connectivity index (χ4n) is 4.28. The van der Waals surface area contributed by atoms with Crippen molar-refractivity contribution in [2.45, 2.75) is 25.8 Å². The Bertz CT molecular complexity index is 1020. The molecule has 0 saturated heterocycles. The highest BCUT2D eigenvalue weighted by molar-refractivity contribution is 6.31. The summed E-state index contributed by atoms with van der Waals surface area (Å²) in [7, 11) is 2.20. The first-order valence-electron chi connectivity index (χ1n) is 8.84. The van der Waals surface area contributed by atoms with E-state index in [0.29, 0.717) is 0 Å². The minimum absolute atomic E-state index is 0.816. The summed E-state index contributed by atoms with van der Waals surface area (Å²) in [6.07, 6.45) is 9.50. The maximum atomic E-state index is 6.29. The first kappa shape index (κ1) is 15.2. The topological polar surface area (TPSA) is 21.1 Å². The number of nitrogens with zero attached hydrogens (tertiary/aromatic N) is 3. The van der Waals surface area contributed by atoms with Crippen molar-refractivity contribution in [2.75, 3.05) is 13.6 Å². The second kappa shape index (κ2) is 5.72. The largest absolute Gasteiger partial charge is 0.318 e. The van der Waals surface area contributed by atoms with Crippen LogP contribution in [0, 0.1) is 0 Å². The smallest absolute Gasteiger partial charge is 0.0529 e. The third-order valence-corrected chi connectivity index (χ3v) is 5.78. The Labute approximate surface area is 152 Å². The van der Waals surface area contributed by atoms with E-state index in [1.54, 1.807) is 0 Å². The van der Waals surface area contributed by atoms with Crippen molar-refractivity contribution in [3.63, 3.8) is 0 Å². The molecule has 1 aliphatic heterocycles. The van der Waals surface area contributed by atoms with Crippen LogP contribution in [-0.4, -0.2) is 28.0 Å². The highest BCUT2D eigenvalue weighted by Crippen LogP contribution is 2.36. The Morgan fingerprint density at radius 1 is 1.16 bits per heavy atom. The van der Waals surface area contributed by atoms with Crippen LogP contribution in [-0.2, 0) is 19.4 Å². The molecule has 0 N–H and O–H groups in total. The summed E-state index contributed by atoms with van der Waals surface area (Å²) < 4.78 is 2.40. The molecule has 25 heavy (non-hydrogen) atoms. The molecule has 5 rings (SSSR count). The molecule has 2 aliphatic rings. The zero-order valence-electron chi connectivity index (χ0n) is 14.3. The van der Waals surface area contributed by atoms with E-state index in [1.807, 2.05) is 18.5 Å². The third-order valence-electron chi connectivity index (χ3n) is 5.54. The van der Waals surface area contributed by atoms with Gasteiger partial charge in [-0.05, 0) is 72.8 Å². The van der Waals surface area contributed by atoms with Crippen LogP contribution in [0.2, 0.25) is 5.02 Å². The van der Waals surface area contributed by atoms with Gasteiger partial charge in [0, 0.05) is 47.8 Å². The molecule has 0 unspecified atom stereocenters. The van der Waals surface area contributed by atoms with Crippen molar-refractivity contribution >= 4 is 34.3 Å². The number of aromatic nitrogens is 2. The van der Waals surface area contributed by atoms with E-state index < -0.39 is 0 Å². The van der Waals surface area contributed by atoms with Crippen LogP contribution in [0.1, 0.15) is 28.8 Å². The van der Waals surface area contributed by atoms with E-state index in [4.69, 9.17) is 11.6 Å². The van der Waals surface area contributed by atoms with Gasteiger partial charge in [0.25, 0.3) is 0 Å². The molecular weight excluding hydrogens is 330 g/mol. The van der Waals surface area contributed by atoms with Crippen LogP contribution < -0.4 is 0 Å². The predicted octanol–water partition coefficient (Wildman–Crippen LogP) is 4.62. The van der Waals surface area contributed by atoms with E-state index in [-0.39, 0.29) is 0 Å². The van der Waals surface area contributed by atoms with E-state index in [9.17, 15) is 0 Å². The molecule has 0 saturated carbocycles. The zero-order chi connectivity index (χ0) is 17.0. The van der Waals surface area contributed by atoms with Crippen LogP contribution in [0.3, 0.4) is 0 Å². The van der Waals surface area contributed by atoms with Gasteiger partial charge in [-0.25, -0.2) is 0 Å². The summed E-state index contributed by atoms with van der Waals surface area (Å²) >= 11 is 6.29. The zero-order valence-corrected chi connectivity index (χ0v) is 15.1. The molecule has 1 aliphatic carbocycles. The highest BCUT2D eigenvalue weighted by Gasteiger charge is 2.23. The van der Waals surface area contributed by atoms with Crippen LogP contribution in [0.25, 0.3) is 22.7 Å². The standard InChI is InChI=1S/C21H20ClN3/c1-24-9-7-18-19-10-16(22)4-5-20(19)25(21(18)13-24)12-15-3-2-14-11-23-8-6-17(14)15/h4-6,8,10-12H,2-3,7,9,13H2,1H3. The maximum absolute atomic E-state index is 6.29. The quantitative estimate of drug-likeness (QED) is 0.639. The summed E-state index contributed by atoms with van der Waals surface area (Å²) in [5, 5.41) is 2.12. The molecule has 3 aromatic rings. The lowest BCUT2D eigenvalue weighted by Crippen LogP contribution is -2.27. The predicted molar refractivity (Wildman–Crippen MR) is 104 cm³/mol. The number of pyridine rings is 1. The van der Waals surface area contributed by atoms with Gasteiger partial charge < -0.3 is 9.47 Å². The molecule has 0 spiro atoms. The number of rotatable bonds is 1. The summed E-state index contributed by atoms with van der Waals surface area (Å²) in [4.78, 5) is 6.67. The number of allylic oxidation sites excluding steroid dienone is 1. The number of likely N-dealkylation sites (N-methyl/N-ethyl adjacent to an activating group) is 1. The van der Waals surface area contributed by atoms with Crippen LogP contribution >= 0.6 is 11.6 Å². The fourth-order valence-corrected chi connectivity index (χ4v) is 4.45. The van der Waals surface area contributed by atoms with E-state index in [0.717, 1.165) is 37.4 Å². The number of hydrogen-bond donors (Lipinski definition) is 0. The molecule has 3 nitrogen and oxygen atoms in total. The van der Waals surface area contributed by atoms with Crippen LogP contribution in [0.4, 0.5) is 0 Å². The SMILES string of the molecule is CN1CCc2c(n(C=C3CCc4cnccc43)c3ccc(Cl)cc23)C1. The Balaban J connectivity index is 1.74. The normalized spacial score (nSPS) is 18.7. The van der Waals surface area contributed by atoms with Gasteiger partial charge in [-0.3, -0.25) is 4.98 Å². The van der Waals surface area contributed by atoms with E-state index in [2.05, 4.69) is 45.9 Å². The lowest BCUT2D eigenvalue weighted by Gasteiger charge is -2.24. The molecule has 1 aromatic carbocycles. The van der Waals surface area contributed by atoms with Gasteiger partial charge in [-0.15, -0.1) is 0 Å². The third kappa shape index (κ3) is 2.42. The minimum Gasteiger partial charge on any atom is -0.318 e. The average Bonchev–Trinajstić information content (AvgIpc) is 3.15. The van der Waals surface area contributed by atoms with Crippen LogP contribution in [0.15, 0.2) is 36.7 Å². The maximum Gasteiger partial charge on any atom is 0.0529 e. The summed E-state index contributed by atoms with van der Waals surface area (Å²) in [6.45, 7) is 2.08. The van der Waals surface area contributed by atoms with Gasteiger partial charge in [0.1, 0.15) is 0 Å². The van der Waals surface area contributed by atoms with Gasteiger partial charge in [0.15, 0.2) is 0 Å². The van der Waals surface area contributed by atoms with E-state index >= 15 is 0 Å². The lowest BCUT2D eigenvalue weighted by atomic mass is 10.0. The summed E-state index contributed by atoms with van der Waals surface area (Å²) in [5.41, 5.74) is 8.24. The molecule has 0 fully saturated rings. The molecule has 3 heterocycles. The van der Waals surface area contributed by atoms with Gasteiger partial charge in [-0.2, -0.15) is 0 Å². The molecule has 0 radical (unpaired) electrons. The number of benzene rings is 1. The van der Waals surface area contributed by atoms with Crippen molar-refractivity contribution < 1.29 is 0 Å². The molecule has 0 amide bonds. The van der Waals surface area contributed by atoms with Gasteiger partial charge in [0.05, 0.1) is 5.52 Å². The van der Waals surface area contributed by atoms with Gasteiger partial charge in [-0.1, -0.05) is 11.6 Å². The Morgan fingerprint density at radius 3 is 3.00 bits per heavy atom. The number of halogens is 1. The lowest BCUT2D eigenvalue weighted by molar-refractivity contribution is 0.308. The molecule has 126 valence electrons. The Kier molecular flexibility index (Phi) is 3.47. The van der Waals surface area contributed by atoms with E-state index in [1.165, 1.54) is 38.9 Å². The monoisotopic (exact) mass is 349 g/mol. The average molecular weight is 350 g/mol. The second-order valence-electron chi connectivity index (χ2n) is 7.13. The Hall–Kier alpha value is -2.10. The molecule has 4 heteroatoms. The fraction of sp³-hybridized carbons (Fsp3) is 0.286. The number of hydrogen-bond acceptors (Lipinski definition) is 2. The van der Waals surface area contributed by atoms with Crippen LogP contribution in [0.5, 0.6) is 0 Å². The molecule has 2 aromatic heterocycles. The molecular formula is C21H20ClN3. The Morgan fingerprint density at radius 2 is 2.08 bits per heavy atom. The first-order chi connectivity index (χ1) is 12.2. The molecule has 0 bridgehead atoms. The second-order valence-corrected chi connectivity index (χ2v) is 7.57. The first-order valence-corrected chi connectivity index (χ1v) is 9.22. The van der Waals surface area contributed by atoms with Crippen molar-refractivity contribution in [1.29, 1.82) is 0 Å². The number of fused-ring (bicyclic) bond motifs is 4. The highest BCUT2D eigenvalue weighted by atomic mass is 35.5.